The van der Waals surface area contributed by atoms with Gasteiger partial charge in [0.05, 0.1) is 7.11 Å². The number of carbonyl (C=O) groups is 1. The number of phenolic OH excluding ortho intramolecular Hbond substituents is 1. The molecule has 0 aliphatic carbocycles. The second-order valence-corrected chi connectivity index (χ2v) is 2.70. The van der Waals surface area contributed by atoms with Crippen LogP contribution in [0.3, 0.4) is 0 Å². The normalized spacial score (nSPS) is 9.69. The van der Waals surface area contributed by atoms with Crippen molar-refractivity contribution in [2.24, 2.45) is 0 Å². The summed E-state index contributed by atoms with van der Waals surface area (Å²) in [7, 11) is 1.46. The highest BCUT2D eigenvalue weighted by molar-refractivity contribution is 5.77. The molecule has 0 saturated carbocycles. The molecule has 0 saturated heterocycles. The first-order chi connectivity index (χ1) is 6.22. The van der Waals surface area contributed by atoms with Crippen LogP contribution in [0.4, 0.5) is 0 Å². The van der Waals surface area contributed by atoms with Gasteiger partial charge in [0.25, 0.3) is 0 Å². The van der Waals surface area contributed by atoms with E-state index in [1.54, 1.807) is 6.07 Å². The Morgan fingerprint density at radius 1 is 1.54 bits per heavy atom. The molecule has 0 aliphatic heterocycles. The number of rotatable bonds is 3. The van der Waals surface area contributed by atoms with Gasteiger partial charge in [-0.3, -0.25) is 4.79 Å². The summed E-state index contributed by atoms with van der Waals surface area (Å²) in [6, 6.07) is 3.17. The molecule has 1 aromatic carbocycles. The third kappa shape index (κ3) is 1.80. The molecule has 0 heterocycles. The number of aromatic hydroxyl groups is 1. The Bertz CT molecular complexity index is 293. The predicted molar refractivity (Wildman–Crippen MR) is 49.4 cm³/mol. The van der Waals surface area contributed by atoms with E-state index in [4.69, 9.17) is 4.74 Å². The minimum absolute atomic E-state index is 0.121. The van der Waals surface area contributed by atoms with Crippen molar-refractivity contribution in [3.63, 3.8) is 0 Å². The Balaban J connectivity index is 3.28. The zero-order valence-electron chi connectivity index (χ0n) is 7.70. The zero-order valence-corrected chi connectivity index (χ0v) is 7.70. The maximum absolute atomic E-state index is 10.5. The SMILES string of the molecule is CCc1cc(C=O)cc(OC)c1O. The highest BCUT2D eigenvalue weighted by Crippen LogP contribution is 2.31. The van der Waals surface area contributed by atoms with E-state index in [1.807, 2.05) is 6.92 Å². The van der Waals surface area contributed by atoms with E-state index in [1.165, 1.54) is 13.2 Å². The van der Waals surface area contributed by atoms with Crippen LogP contribution in [0, 0.1) is 0 Å². The molecule has 0 spiro atoms. The van der Waals surface area contributed by atoms with Crippen LogP contribution >= 0.6 is 0 Å². The summed E-state index contributed by atoms with van der Waals surface area (Å²) in [6.45, 7) is 1.91. The summed E-state index contributed by atoms with van der Waals surface area (Å²) in [4.78, 5) is 10.5. The largest absolute Gasteiger partial charge is 0.504 e. The van der Waals surface area contributed by atoms with E-state index in [-0.39, 0.29) is 5.75 Å². The monoisotopic (exact) mass is 180 g/mol. The van der Waals surface area contributed by atoms with Crippen molar-refractivity contribution in [3.8, 4) is 11.5 Å². The van der Waals surface area contributed by atoms with E-state index >= 15 is 0 Å². The fourth-order valence-electron chi connectivity index (χ4n) is 1.18. The van der Waals surface area contributed by atoms with Crippen molar-refractivity contribution in [3.05, 3.63) is 23.3 Å². The molecule has 0 bridgehead atoms. The second-order valence-electron chi connectivity index (χ2n) is 2.70. The average Bonchev–Trinajstić information content (AvgIpc) is 2.18. The molecule has 1 N–H and O–H groups in total. The van der Waals surface area contributed by atoms with Gasteiger partial charge in [-0.15, -0.1) is 0 Å². The highest BCUT2D eigenvalue weighted by atomic mass is 16.5. The number of phenols is 1. The van der Waals surface area contributed by atoms with Gasteiger partial charge in [-0.25, -0.2) is 0 Å². The van der Waals surface area contributed by atoms with E-state index in [9.17, 15) is 9.90 Å². The quantitative estimate of drug-likeness (QED) is 0.721. The molecule has 0 aliphatic rings. The number of hydrogen-bond acceptors (Lipinski definition) is 3. The molecule has 70 valence electrons. The maximum Gasteiger partial charge on any atom is 0.161 e. The first-order valence-corrected chi connectivity index (χ1v) is 4.08. The number of aldehydes is 1. The van der Waals surface area contributed by atoms with Crippen molar-refractivity contribution < 1.29 is 14.6 Å². The van der Waals surface area contributed by atoms with Crippen LogP contribution in [0.15, 0.2) is 12.1 Å². The third-order valence-corrected chi connectivity index (χ3v) is 1.91. The van der Waals surface area contributed by atoms with Gasteiger partial charge in [0.15, 0.2) is 11.5 Å². The lowest BCUT2D eigenvalue weighted by Crippen LogP contribution is -1.91. The van der Waals surface area contributed by atoms with Crippen molar-refractivity contribution >= 4 is 6.29 Å². The standard InChI is InChI=1S/C10H12O3/c1-3-8-4-7(6-11)5-9(13-2)10(8)12/h4-6,12H,3H2,1-2H3. The summed E-state index contributed by atoms with van der Waals surface area (Å²) in [6.07, 6.45) is 1.41. The summed E-state index contributed by atoms with van der Waals surface area (Å²) in [5.74, 6) is 0.469. The fraction of sp³-hybridized carbons (Fsp3) is 0.300. The lowest BCUT2D eigenvalue weighted by atomic mass is 10.1. The predicted octanol–water partition coefficient (Wildman–Crippen LogP) is 1.78. The Morgan fingerprint density at radius 2 is 2.23 bits per heavy atom. The molecule has 0 atom stereocenters. The molecular formula is C10H12O3. The van der Waals surface area contributed by atoms with Crippen LogP contribution in [-0.4, -0.2) is 18.5 Å². The van der Waals surface area contributed by atoms with Gasteiger partial charge in [0, 0.05) is 5.56 Å². The molecule has 1 aromatic rings. The molecule has 13 heavy (non-hydrogen) atoms. The van der Waals surface area contributed by atoms with Crippen molar-refractivity contribution in [2.75, 3.05) is 7.11 Å². The molecule has 3 heteroatoms. The number of ether oxygens (including phenoxy) is 1. The van der Waals surface area contributed by atoms with Crippen LogP contribution in [0.5, 0.6) is 11.5 Å². The van der Waals surface area contributed by atoms with Gasteiger partial charge in [-0.05, 0) is 24.1 Å². The lowest BCUT2D eigenvalue weighted by Gasteiger charge is -2.07. The summed E-state index contributed by atoms with van der Waals surface area (Å²) in [5, 5.41) is 9.57. The molecule has 0 fully saturated rings. The average molecular weight is 180 g/mol. The minimum atomic E-state index is 0.121. The van der Waals surface area contributed by atoms with E-state index in [0.717, 1.165) is 11.8 Å². The molecule has 1 rings (SSSR count). The van der Waals surface area contributed by atoms with Crippen molar-refractivity contribution in [1.29, 1.82) is 0 Å². The molecule has 0 amide bonds. The Morgan fingerprint density at radius 3 is 2.69 bits per heavy atom. The molecular weight excluding hydrogens is 168 g/mol. The molecule has 0 radical (unpaired) electrons. The van der Waals surface area contributed by atoms with Gasteiger partial charge in [-0.1, -0.05) is 6.92 Å². The topological polar surface area (TPSA) is 46.5 Å². The van der Waals surface area contributed by atoms with Crippen molar-refractivity contribution in [2.45, 2.75) is 13.3 Å². The lowest BCUT2D eigenvalue weighted by molar-refractivity contribution is 0.112. The smallest absolute Gasteiger partial charge is 0.161 e. The van der Waals surface area contributed by atoms with E-state index in [0.29, 0.717) is 17.7 Å². The minimum Gasteiger partial charge on any atom is -0.504 e. The van der Waals surface area contributed by atoms with Crippen LogP contribution in [0.25, 0.3) is 0 Å². The van der Waals surface area contributed by atoms with Gasteiger partial charge in [-0.2, -0.15) is 0 Å². The van der Waals surface area contributed by atoms with Gasteiger partial charge >= 0.3 is 0 Å². The highest BCUT2D eigenvalue weighted by Gasteiger charge is 2.08. The van der Waals surface area contributed by atoms with E-state index < -0.39 is 0 Å². The second kappa shape index (κ2) is 3.94. The maximum atomic E-state index is 10.5. The number of carbonyl (C=O) groups excluding carboxylic acids is 1. The van der Waals surface area contributed by atoms with Crippen LogP contribution < -0.4 is 4.74 Å². The molecule has 3 nitrogen and oxygen atoms in total. The zero-order chi connectivity index (χ0) is 9.84. The van der Waals surface area contributed by atoms with E-state index in [2.05, 4.69) is 0 Å². The van der Waals surface area contributed by atoms with Gasteiger partial charge in [0.1, 0.15) is 6.29 Å². The van der Waals surface area contributed by atoms with Gasteiger partial charge < -0.3 is 9.84 Å². The third-order valence-electron chi connectivity index (χ3n) is 1.91. The fourth-order valence-corrected chi connectivity index (χ4v) is 1.18. The number of methoxy groups -OCH3 is 1. The van der Waals surface area contributed by atoms with Gasteiger partial charge in [0.2, 0.25) is 0 Å². The number of hydrogen-bond donors (Lipinski definition) is 1. The summed E-state index contributed by atoms with van der Waals surface area (Å²) >= 11 is 0. The van der Waals surface area contributed by atoms with Crippen LogP contribution in [-0.2, 0) is 6.42 Å². The number of aryl methyl sites for hydroxylation is 1. The Kier molecular flexibility index (Phi) is 2.90. The Labute approximate surface area is 77.0 Å². The first-order valence-electron chi connectivity index (χ1n) is 4.08. The number of benzene rings is 1. The summed E-state index contributed by atoms with van der Waals surface area (Å²) in [5.41, 5.74) is 1.24. The van der Waals surface area contributed by atoms with Crippen LogP contribution in [0.1, 0.15) is 22.8 Å². The molecule has 0 unspecified atom stereocenters. The summed E-state index contributed by atoms with van der Waals surface area (Å²) < 4.78 is 4.92. The van der Waals surface area contributed by atoms with Crippen molar-refractivity contribution in [1.82, 2.24) is 0 Å². The first kappa shape index (κ1) is 9.58. The Hall–Kier alpha value is -1.51. The molecule has 0 aromatic heterocycles. The van der Waals surface area contributed by atoms with Crippen LogP contribution in [0.2, 0.25) is 0 Å².